The average Bonchev–Trinajstić information content (AvgIpc) is 1.63. The highest BCUT2D eigenvalue weighted by atomic mass is 33.1. The Kier molecular flexibility index (Phi) is 5.69. The first-order chi connectivity index (χ1) is 4.16. The standard InChI is InChI=1S/C5H10F2S2/c1-4(9-8-2)3-5(6)7/h4-5H,3H2,1-2H3. The van der Waals surface area contributed by atoms with Gasteiger partial charge in [0.25, 0.3) is 0 Å². The summed E-state index contributed by atoms with van der Waals surface area (Å²) >= 11 is 0. The van der Waals surface area contributed by atoms with Crippen LogP contribution in [0.1, 0.15) is 13.3 Å². The smallest absolute Gasteiger partial charge is 0.210 e. The predicted octanol–water partition coefficient (Wildman–Crippen LogP) is 3.04. The van der Waals surface area contributed by atoms with E-state index in [1.807, 2.05) is 13.2 Å². The summed E-state index contributed by atoms with van der Waals surface area (Å²) in [4.78, 5) is 0. The molecule has 0 aromatic heterocycles. The third-order valence-corrected chi connectivity index (χ3v) is 3.05. The molecule has 0 rings (SSSR count). The van der Waals surface area contributed by atoms with Gasteiger partial charge in [-0.25, -0.2) is 8.78 Å². The third-order valence-electron chi connectivity index (χ3n) is 0.771. The molecule has 0 spiro atoms. The second kappa shape index (κ2) is 5.35. The summed E-state index contributed by atoms with van der Waals surface area (Å²) in [5, 5.41) is 0.0694. The van der Waals surface area contributed by atoms with Crippen molar-refractivity contribution in [1.29, 1.82) is 0 Å². The van der Waals surface area contributed by atoms with E-state index in [0.29, 0.717) is 0 Å². The van der Waals surface area contributed by atoms with Crippen molar-refractivity contribution in [2.75, 3.05) is 6.26 Å². The zero-order chi connectivity index (χ0) is 7.28. The van der Waals surface area contributed by atoms with Crippen molar-refractivity contribution in [2.24, 2.45) is 0 Å². The third kappa shape index (κ3) is 6.45. The van der Waals surface area contributed by atoms with Gasteiger partial charge >= 0.3 is 0 Å². The molecule has 0 heterocycles. The summed E-state index contributed by atoms with van der Waals surface area (Å²) in [6.45, 7) is 1.81. The minimum atomic E-state index is -2.15. The second-order valence-electron chi connectivity index (χ2n) is 1.70. The second-order valence-corrected chi connectivity index (χ2v) is 4.61. The highest BCUT2D eigenvalue weighted by molar-refractivity contribution is 8.76. The summed E-state index contributed by atoms with van der Waals surface area (Å²) in [6.07, 6.45) is -0.252. The lowest BCUT2D eigenvalue weighted by atomic mass is 10.3. The molecule has 0 aliphatic carbocycles. The van der Waals surface area contributed by atoms with Crippen molar-refractivity contribution in [1.82, 2.24) is 0 Å². The van der Waals surface area contributed by atoms with E-state index < -0.39 is 6.43 Å². The van der Waals surface area contributed by atoms with Crippen molar-refractivity contribution >= 4 is 21.6 Å². The molecule has 0 bridgehead atoms. The number of rotatable bonds is 4. The molecule has 1 unspecified atom stereocenters. The quantitative estimate of drug-likeness (QED) is 0.598. The Balaban J connectivity index is 3.15. The first-order valence-corrected chi connectivity index (χ1v) is 5.26. The summed E-state index contributed by atoms with van der Waals surface area (Å²) in [6, 6.07) is 0. The summed E-state index contributed by atoms with van der Waals surface area (Å²) in [5.41, 5.74) is 0. The highest BCUT2D eigenvalue weighted by Crippen LogP contribution is 2.27. The molecule has 0 aromatic rings. The van der Waals surface area contributed by atoms with Gasteiger partial charge in [0, 0.05) is 11.7 Å². The Morgan fingerprint density at radius 3 is 2.33 bits per heavy atom. The van der Waals surface area contributed by atoms with Gasteiger partial charge in [-0.15, -0.1) is 0 Å². The van der Waals surface area contributed by atoms with E-state index in [4.69, 9.17) is 0 Å². The molecular formula is C5H10F2S2. The highest BCUT2D eigenvalue weighted by Gasteiger charge is 2.09. The SMILES string of the molecule is CSSC(C)CC(F)F. The largest absolute Gasteiger partial charge is 0.239 e. The Morgan fingerprint density at radius 1 is 1.44 bits per heavy atom. The van der Waals surface area contributed by atoms with Crippen LogP contribution in [0.2, 0.25) is 0 Å². The van der Waals surface area contributed by atoms with Gasteiger partial charge in [0.1, 0.15) is 0 Å². The first-order valence-electron chi connectivity index (χ1n) is 2.64. The monoisotopic (exact) mass is 172 g/mol. The lowest BCUT2D eigenvalue weighted by molar-refractivity contribution is 0.138. The molecule has 0 aliphatic rings. The molecule has 9 heavy (non-hydrogen) atoms. The molecule has 0 amide bonds. The fourth-order valence-corrected chi connectivity index (χ4v) is 2.23. The molecule has 0 aliphatic heterocycles. The Labute approximate surface area is 62.2 Å². The Bertz CT molecular complexity index is 68.0. The minimum absolute atomic E-state index is 0.00546. The number of alkyl halides is 2. The van der Waals surface area contributed by atoms with Crippen molar-refractivity contribution in [3.63, 3.8) is 0 Å². The maximum atomic E-state index is 11.6. The first kappa shape index (κ1) is 9.56. The lowest BCUT2D eigenvalue weighted by Crippen LogP contribution is -2.01. The number of hydrogen-bond donors (Lipinski definition) is 0. The van der Waals surface area contributed by atoms with Crippen LogP contribution in [0, 0.1) is 0 Å². The lowest BCUT2D eigenvalue weighted by Gasteiger charge is -2.06. The normalized spacial score (nSPS) is 14.3. The summed E-state index contributed by atoms with van der Waals surface area (Å²) in [7, 11) is 3.03. The van der Waals surface area contributed by atoms with Crippen LogP contribution in [0.5, 0.6) is 0 Å². The van der Waals surface area contributed by atoms with Gasteiger partial charge in [-0.3, -0.25) is 0 Å². The maximum absolute atomic E-state index is 11.6. The van der Waals surface area contributed by atoms with Gasteiger partial charge in [0.2, 0.25) is 6.43 Å². The molecule has 0 nitrogen and oxygen atoms in total. The molecule has 56 valence electrons. The maximum Gasteiger partial charge on any atom is 0.239 e. The van der Waals surface area contributed by atoms with Crippen molar-refractivity contribution in [3.05, 3.63) is 0 Å². The summed E-state index contributed by atoms with van der Waals surface area (Å²) in [5.74, 6) is 0. The number of halogens is 2. The van der Waals surface area contributed by atoms with Crippen LogP contribution < -0.4 is 0 Å². The van der Waals surface area contributed by atoms with Crippen LogP contribution >= 0.6 is 21.6 Å². The van der Waals surface area contributed by atoms with E-state index in [2.05, 4.69) is 0 Å². The van der Waals surface area contributed by atoms with Gasteiger partial charge in [0.15, 0.2) is 0 Å². The van der Waals surface area contributed by atoms with Gasteiger partial charge < -0.3 is 0 Å². The Hall–Kier alpha value is 0.560. The van der Waals surface area contributed by atoms with Gasteiger partial charge in [-0.05, 0) is 6.26 Å². The van der Waals surface area contributed by atoms with Crippen LogP contribution in [0.4, 0.5) is 8.78 Å². The molecule has 0 aromatic carbocycles. The van der Waals surface area contributed by atoms with Gasteiger partial charge in [-0.1, -0.05) is 28.5 Å². The van der Waals surface area contributed by atoms with Crippen molar-refractivity contribution in [3.8, 4) is 0 Å². The predicted molar refractivity (Wildman–Crippen MR) is 41.2 cm³/mol. The van der Waals surface area contributed by atoms with Crippen molar-refractivity contribution < 1.29 is 8.78 Å². The van der Waals surface area contributed by atoms with Gasteiger partial charge in [0.05, 0.1) is 0 Å². The van der Waals surface area contributed by atoms with Crippen LogP contribution in [-0.4, -0.2) is 17.9 Å². The fourth-order valence-electron chi connectivity index (χ4n) is 0.454. The van der Waals surface area contributed by atoms with Crippen LogP contribution in [-0.2, 0) is 0 Å². The van der Waals surface area contributed by atoms with E-state index in [0.717, 1.165) is 0 Å². The van der Waals surface area contributed by atoms with Crippen LogP contribution in [0.15, 0.2) is 0 Å². The molecule has 4 heteroatoms. The van der Waals surface area contributed by atoms with Gasteiger partial charge in [-0.2, -0.15) is 0 Å². The topological polar surface area (TPSA) is 0 Å². The molecule has 0 N–H and O–H groups in total. The zero-order valence-electron chi connectivity index (χ0n) is 5.43. The molecule has 0 radical (unpaired) electrons. The van der Waals surface area contributed by atoms with Crippen LogP contribution in [0.25, 0.3) is 0 Å². The molecule has 1 atom stereocenters. The van der Waals surface area contributed by atoms with E-state index in [9.17, 15) is 8.78 Å². The van der Waals surface area contributed by atoms with E-state index in [1.54, 1.807) is 0 Å². The number of hydrogen-bond acceptors (Lipinski definition) is 2. The average molecular weight is 172 g/mol. The molecule has 0 saturated carbocycles. The van der Waals surface area contributed by atoms with E-state index in [1.165, 1.54) is 21.6 Å². The Morgan fingerprint density at radius 2 is 2.00 bits per heavy atom. The molecule has 0 fully saturated rings. The zero-order valence-corrected chi connectivity index (χ0v) is 7.07. The summed E-state index contributed by atoms with van der Waals surface area (Å²) < 4.78 is 23.2. The van der Waals surface area contributed by atoms with E-state index in [-0.39, 0.29) is 11.7 Å². The van der Waals surface area contributed by atoms with E-state index >= 15 is 0 Å². The van der Waals surface area contributed by atoms with Crippen molar-refractivity contribution in [2.45, 2.75) is 25.0 Å². The molecular weight excluding hydrogens is 162 g/mol. The molecule has 0 saturated heterocycles. The minimum Gasteiger partial charge on any atom is -0.210 e. The van der Waals surface area contributed by atoms with Crippen LogP contribution in [0.3, 0.4) is 0 Å². The fraction of sp³-hybridized carbons (Fsp3) is 1.00.